The van der Waals surface area contributed by atoms with Gasteiger partial charge < -0.3 is 10.2 Å². The second kappa shape index (κ2) is 6.10. The van der Waals surface area contributed by atoms with Gasteiger partial charge in [0.15, 0.2) is 9.84 Å². The molecular formula is C14H23N3O2S. The molecule has 0 saturated carbocycles. The Bertz CT molecular complexity index is 557. The lowest BCUT2D eigenvalue weighted by Crippen LogP contribution is -2.34. The average molecular weight is 297 g/mol. The predicted octanol–water partition coefficient (Wildman–Crippen LogP) is 1.20. The molecule has 6 heteroatoms. The largest absolute Gasteiger partial charge is 0.369 e. The summed E-state index contributed by atoms with van der Waals surface area (Å²) in [4.78, 5) is 6.25. The molecule has 2 heterocycles. The maximum absolute atomic E-state index is 11.6. The number of nitrogens with zero attached hydrogens (tertiary/aromatic N) is 2. The van der Waals surface area contributed by atoms with E-state index in [4.69, 9.17) is 0 Å². The van der Waals surface area contributed by atoms with E-state index >= 15 is 0 Å². The second-order valence-corrected chi connectivity index (χ2v) is 7.94. The number of hydrogen-bond acceptors (Lipinski definition) is 5. The van der Waals surface area contributed by atoms with Gasteiger partial charge in [-0.2, -0.15) is 0 Å². The van der Waals surface area contributed by atoms with Crippen LogP contribution in [0.15, 0.2) is 18.5 Å². The van der Waals surface area contributed by atoms with Gasteiger partial charge in [-0.25, -0.2) is 8.42 Å². The number of rotatable bonds is 5. The molecule has 1 aromatic heterocycles. The first-order chi connectivity index (χ1) is 9.39. The van der Waals surface area contributed by atoms with Crippen LogP contribution in [0, 0.1) is 0 Å². The minimum absolute atomic E-state index is 0.0574. The minimum atomic E-state index is -2.86. The van der Waals surface area contributed by atoms with Gasteiger partial charge in [0.1, 0.15) is 0 Å². The molecule has 5 nitrogen and oxygen atoms in total. The lowest BCUT2D eigenvalue weighted by molar-refractivity contribution is 0.585. The fourth-order valence-corrected chi connectivity index (χ4v) is 4.25. The van der Waals surface area contributed by atoms with E-state index in [1.165, 1.54) is 0 Å². The van der Waals surface area contributed by atoms with E-state index < -0.39 is 9.84 Å². The third-order valence-corrected chi connectivity index (χ3v) is 5.47. The van der Waals surface area contributed by atoms with Crippen LogP contribution in [-0.2, 0) is 16.4 Å². The molecule has 0 aromatic carbocycles. The van der Waals surface area contributed by atoms with Crippen molar-refractivity contribution in [2.75, 3.05) is 23.5 Å². The van der Waals surface area contributed by atoms with Crippen LogP contribution in [-0.4, -0.2) is 44.0 Å². The summed E-state index contributed by atoms with van der Waals surface area (Å²) in [5.74, 6) is 0.539. The molecule has 0 bridgehead atoms. The highest BCUT2D eigenvalue weighted by atomic mass is 32.2. The molecule has 0 spiro atoms. The Hall–Kier alpha value is -1.14. The molecule has 1 aliphatic rings. The molecule has 20 heavy (non-hydrogen) atoms. The van der Waals surface area contributed by atoms with Crippen molar-refractivity contribution in [3.8, 4) is 0 Å². The van der Waals surface area contributed by atoms with Crippen molar-refractivity contribution >= 4 is 15.5 Å². The van der Waals surface area contributed by atoms with E-state index in [0.29, 0.717) is 18.2 Å². The summed E-state index contributed by atoms with van der Waals surface area (Å²) in [5, 5.41) is 3.39. The summed E-state index contributed by atoms with van der Waals surface area (Å²) >= 11 is 0. The molecule has 1 N–H and O–H groups in total. The zero-order chi connectivity index (χ0) is 14.8. The Kier molecular flexibility index (Phi) is 4.65. The molecule has 1 saturated heterocycles. The van der Waals surface area contributed by atoms with E-state index in [-0.39, 0.29) is 11.8 Å². The highest BCUT2D eigenvalue weighted by Gasteiger charge is 2.31. The second-order valence-electron chi connectivity index (χ2n) is 5.71. The van der Waals surface area contributed by atoms with Crippen LogP contribution in [0.5, 0.6) is 0 Å². The molecule has 112 valence electrons. The lowest BCUT2D eigenvalue weighted by atomic mass is 10.1. The minimum Gasteiger partial charge on any atom is -0.369 e. The molecule has 2 rings (SSSR count). The summed E-state index contributed by atoms with van der Waals surface area (Å²) < 4.78 is 23.2. The van der Waals surface area contributed by atoms with Gasteiger partial charge >= 0.3 is 0 Å². The van der Waals surface area contributed by atoms with Crippen LogP contribution in [0.25, 0.3) is 0 Å². The maximum Gasteiger partial charge on any atom is 0.152 e. The van der Waals surface area contributed by atoms with Crippen LogP contribution in [0.1, 0.15) is 25.8 Å². The predicted molar refractivity (Wildman–Crippen MR) is 81.7 cm³/mol. The van der Waals surface area contributed by atoms with Crippen LogP contribution < -0.4 is 10.2 Å². The van der Waals surface area contributed by atoms with E-state index in [1.807, 2.05) is 19.3 Å². The first-order valence-corrected chi connectivity index (χ1v) is 8.81. The fourth-order valence-electron chi connectivity index (χ4n) is 2.47. The Morgan fingerprint density at radius 1 is 1.50 bits per heavy atom. The summed E-state index contributed by atoms with van der Waals surface area (Å²) in [7, 11) is -0.905. The van der Waals surface area contributed by atoms with E-state index in [9.17, 15) is 8.42 Å². The van der Waals surface area contributed by atoms with Gasteiger partial charge in [-0.1, -0.05) is 13.8 Å². The molecule has 1 fully saturated rings. The molecule has 0 radical (unpaired) electrons. The van der Waals surface area contributed by atoms with Crippen molar-refractivity contribution < 1.29 is 8.42 Å². The number of hydrogen-bond donors (Lipinski definition) is 1. The SMILES string of the molecule is CC(C)NCc1ccncc1N(C)C1CCS(=O)(=O)C1. The van der Waals surface area contributed by atoms with Crippen molar-refractivity contribution in [1.29, 1.82) is 0 Å². The molecule has 1 aliphatic heterocycles. The first kappa shape index (κ1) is 15.3. The zero-order valence-corrected chi connectivity index (χ0v) is 13.2. The average Bonchev–Trinajstić information content (AvgIpc) is 2.76. The van der Waals surface area contributed by atoms with Gasteiger partial charge in [-0.05, 0) is 18.1 Å². The maximum atomic E-state index is 11.6. The molecule has 1 atom stereocenters. The van der Waals surface area contributed by atoms with Gasteiger partial charge in [0.05, 0.1) is 23.4 Å². The van der Waals surface area contributed by atoms with Crippen LogP contribution in [0.3, 0.4) is 0 Å². The van der Waals surface area contributed by atoms with Gasteiger partial charge in [0, 0.05) is 31.9 Å². The molecule has 1 unspecified atom stereocenters. The smallest absolute Gasteiger partial charge is 0.152 e. The Morgan fingerprint density at radius 3 is 2.85 bits per heavy atom. The summed E-state index contributed by atoms with van der Waals surface area (Å²) in [5.41, 5.74) is 2.17. The Balaban J connectivity index is 2.15. The first-order valence-electron chi connectivity index (χ1n) is 6.98. The van der Waals surface area contributed by atoms with Crippen LogP contribution in [0.2, 0.25) is 0 Å². The summed E-state index contributed by atoms with van der Waals surface area (Å²) in [6.45, 7) is 4.97. The van der Waals surface area contributed by atoms with Gasteiger partial charge in [-0.15, -0.1) is 0 Å². The monoisotopic (exact) mass is 297 g/mol. The van der Waals surface area contributed by atoms with E-state index in [1.54, 1.807) is 6.20 Å². The third-order valence-electron chi connectivity index (χ3n) is 3.72. The number of nitrogens with one attached hydrogen (secondary N) is 1. The molecule has 0 aliphatic carbocycles. The standard InChI is InChI=1S/C14H23N3O2S/c1-11(2)16-8-12-4-6-15-9-14(12)17(3)13-5-7-20(18,19)10-13/h4,6,9,11,13,16H,5,7-8,10H2,1-3H3. The fraction of sp³-hybridized carbons (Fsp3) is 0.643. The number of sulfone groups is 1. The van der Waals surface area contributed by atoms with Gasteiger partial charge in [0.2, 0.25) is 0 Å². The summed E-state index contributed by atoms with van der Waals surface area (Å²) in [6, 6.07) is 2.46. The number of pyridine rings is 1. The van der Waals surface area contributed by atoms with Crippen molar-refractivity contribution in [2.24, 2.45) is 0 Å². The van der Waals surface area contributed by atoms with Crippen molar-refractivity contribution in [1.82, 2.24) is 10.3 Å². The van der Waals surface area contributed by atoms with E-state index in [2.05, 4.69) is 29.0 Å². The number of aromatic nitrogens is 1. The summed E-state index contributed by atoms with van der Waals surface area (Å²) in [6.07, 6.45) is 4.30. The molecule has 1 aromatic rings. The lowest BCUT2D eigenvalue weighted by Gasteiger charge is -2.27. The van der Waals surface area contributed by atoms with Crippen molar-refractivity contribution in [2.45, 2.75) is 38.9 Å². The van der Waals surface area contributed by atoms with Gasteiger partial charge in [0.25, 0.3) is 0 Å². The Morgan fingerprint density at radius 2 is 2.25 bits per heavy atom. The Labute approximate surface area is 121 Å². The van der Waals surface area contributed by atoms with Crippen molar-refractivity contribution in [3.05, 3.63) is 24.0 Å². The third kappa shape index (κ3) is 3.70. The number of anilines is 1. The van der Waals surface area contributed by atoms with E-state index in [0.717, 1.165) is 17.8 Å². The highest BCUT2D eigenvalue weighted by Crippen LogP contribution is 2.25. The molecule has 0 amide bonds. The normalized spacial score (nSPS) is 21.3. The zero-order valence-electron chi connectivity index (χ0n) is 12.3. The van der Waals surface area contributed by atoms with Crippen molar-refractivity contribution in [3.63, 3.8) is 0 Å². The van der Waals surface area contributed by atoms with Crippen LogP contribution in [0.4, 0.5) is 5.69 Å². The van der Waals surface area contributed by atoms with Gasteiger partial charge in [-0.3, -0.25) is 4.98 Å². The quantitative estimate of drug-likeness (QED) is 0.885. The van der Waals surface area contributed by atoms with Crippen LogP contribution >= 0.6 is 0 Å². The molecular weight excluding hydrogens is 274 g/mol. The highest BCUT2D eigenvalue weighted by molar-refractivity contribution is 7.91. The topological polar surface area (TPSA) is 62.3 Å².